The van der Waals surface area contributed by atoms with Crippen LogP contribution in [-0.2, 0) is 10.8 Å². The maximum atomic E-state index is 5.36. The molecule has 0 aliphatic heterocycles. The molecule has 1 aromatic carbocycles. The molecule has 0 fully saturated rings. The van der Waals surface area contributed by atoms with Crippen LogP contribution in [0.15, 0.2) is 18.2 Å². The highest BCUT2D eigenvalue weighted by Crippen LogP contribution is 2.35. The summed E-state index contributed by atoms with van der Waals surface area (Å²) in [7, 11) is 2.33. The third kappa shape index (κ3) is 4.00. The van der Waals surface area contributed by atoms with E-state index in [1.54, 1.807) is 0 Å². The molecule has 1 aromatic rings. The van der Waals surface area contributed by atoms with Gasteiger partial charge in [0.1, 0.15) is 5.75 Å². The molecule has 0 amide bonds. The Labute approximate surface area is 109 Å². The van der Waals surface area contributed by atoms with Crippen LogP contribution in [0, 0.1) is 0 Å². The quantitative estimate of drug-likeness (QED) is 0.634. The van der Waals surface area contributed by atoms with Crippen LogP contribution in [0.2, 0.25) is 0 Å². The number of benzene rings is 1. The molecule has 0 spiro atoms. The standard InChI is InChI=1S/C14H23OP.CH4/c1-13(2,3)10-7-8-12(15-16)11(9-10)14(4,5)6;/h7-9H,16H2,1-6H3;1H4. The summed E-state index contributed by atoms with van der Waals surface area (Å²) in [5.74, 6) is 0.950. The van der Waals surface area contributed by atoms with Crippen molar-refractivity contribution in [3.05, 3.63) is 29.3 Å². The molecule has 1 atom stereocenters. The van der Waals surface area contributed by atoms with Crippen molar-refractivity contribution in [2.75, 3.05) is 0 Å². The molecule has 2 heteroatoms. The first kappa shape index (κ1) is 16.4. The molecule has 1 rings (SSSR count). The molecule has 0 saturated carbocycles. The van der Waals surface area contributed by atoms with E-state index in [0.717, 1.165) is 5.75 Å². The van der Waals surface area contributed by atoms with Gasteiger partial charge in [-0.2, -0.15) is 0 Å². The van der Waals surface area contributed by atoms with Crippen molar-refractivity contribution in [2.24, 2.45) is 0 Å². The van der Waals surface area contributed by atoms with Crippen LogP contribution >= 0.6 is 9.47 Å². The fraction of sp³-hybridized carbons (Fsp3) is 0.600. The maximum absolute atomic E-state index is 5.36. The third-order valence-electron chi connectivity index (χ3n) is 2.78. The van der Waals surface area contributed by atoms with E-state index in [2.05, 4.69) is 69.2 Å². The molecule has 0 N–H and O–H groups in total. The summed E-state index contributed by atoms with van der Waals surface area (Å²) in [6, 6.07) is 6.47. The van der Waals surface area contributed by atoms with Crippen LogP contribution in [0.4, 0.5) is 0 Å². The van der Waals surface area contributed by atoms with Crippen molar-refractivity contribution >= 4 is 9.47 Å². The van der Waals surface area contributed by atoms with Crippen molar-refractivity contribution in [1.82, 2.24) is 0 Å². The molecule has 1 unspecified atom stereocenters. The topological polar surface area (TPSA) is 9.23 Å². The van der Waals surface area contributed by atoms with Gasteiger partial charge in [-0.1, -0.05) is 61.1 Å². The minimum atomic E-state index is 0. The fourth-order valence-electron chi connectivity index (χ4n) is 1.69. The fourth-order valence-corrected chi connectivity index (χ4v) is 1.89. The third-order valence-corrected chi connectivity index (χ3v) is 3.03. The zero-order valence-electron chi connectivity index (χ0n) is 11.2. The van der Waals surface area contributed by atoms with Gasteiger partial charge in [-0.25, -0.2) is 0 Å². The highest BCUT2D eigenvalue weighted by molar-refractivity contribution is 7.10. The highest BCUT2D eigenvalue weighted by atomic mass is 31.0. The molecule has 0 bridgehead atoms. The predicted molar refractivity (Wildman–Crippen MR) is 80.9 cm³/mol. The predicted octanol–water partition coefficient (Wildman–Crippen LogP) is 5.09. The Hall–Kier alpha value is -0.550. The van der Waals surface area contributed by atoms with Crippen LogP contribution in [0.5, 0.6) is 5.75 Å². The summed E-state index contributed by atoms with van der Waals surface area (Å²) in [6.07, 6.45) is 0. The Morgan fingerprint density at radius 2 is 1.47 bits per heavy atom. The zero-order chi connectivity index (χ0) is 12.6. The highest BCUT2D eigenvalue weighted by Gasteiger charge is 2.22. The molecule has 0 aliphatic rings. The van der Waals surface area contributed by atoms with Gasteiger partial charge in [-0.05, 0) is 22.5 Å². The van der Waals surface area contributed by atoms with Gasteiger partial charge in [0.2, 0.25) is 0 Å². The lowest BCUT2D eigenvalue weighted by Crippen LogP contribution is -2.16. The second kappa shape index (κ2) is 5.40. The largest absolute Gasteiger partial charge is 0.480 e. The van der Waals surface area contributed by atoms with Gasteiger partial charge >= 0.3 is 0 Å². The lowest BCUT2D eigenvalue weighted by atomic mass is 9.80. The van der Waals surface area contributed by atoms with Gasteiger partial charge in [0.15, 0.2) is 0 Å². The summed E-state index contributed by atoms with van der Waals surface area (Å²) >= 11 is 0. The average Bonchev–Trinajstić information content (AvgIpc) is 2.14. The SMILES string of the molecule is C.CC(C)(C)c1ccc(OP)c(C(C)(C)C)c1. The van der Waals surface area contributed by atoms with Gasteiger partial charge in [0, 0.05) is 5.56 Å². The van der Waals surface area contributed by atoms with E-state index in [-0.39, 0.29) is 18.3 Å². The Balaban J connectivity index is 0.00000256. The summed E-state index contributed by atoms with van der Waals surface area (Å²) in [5.41, 5.74) is 2.89. The number of hydrogen-bond donors (Lipinski definition) is 0. The second-order valence-electron chi connectivity index (χ2n) is 6.33. The first-order chi connectivity index (χ1) is 7.16. The van der Waals surface area contributed by atoms with Gasteiger partial charge in [0.05, 0.1) is 9.47 Å². The van der Waals surface area contributed by atoms with Crippen molar-refractivity contribution in [3.63, 3.8) is 0 Å². The van der Waals surface area contributed by atoms with E-state index in [1.807, 2.05) is 0 Å². The minimum absolute atomic E-state index is 0. The van der Waals surface area contributed by atoms with E-state index < -0.39 is 0 Å². The van der Waals surface area contributed by atoms with E-state index in [4.69, 9.17) is 4.52 Å². The smallest absolute Gasteiger partial charge is 0.126 e. The normalized spacial score (nSPS) is 11.9. The maximum Gasteiger partial charge on any atom is 0.126 e. The molecule has 0 aromatic heterocycles. The zero-order valence-corrected chi connectivity index (χ0v) is 12.4. The molecule has 0 heterocycles. The molecule has 1 nitrogen and oxygen atoms in total. The molecule has 98 valence electrons. The van der Waals surface area contributed by atoms with E-state index in [1.165, 1.54) is 11.1 Å². The first-order valence-electron chi connectivity index (χ1n) is 5.68. The lowest BCUT2D eigenvalue weighted by molar-refractivity contribution is 0.536. The lowest BCUT2D eigenvalue weighted by Gasteiger charge is -2.26. The monoisotopic (exact) mass is 254 g/mol. The van der Waals surface area contributed by atoms with Crippen LogP contribution < -0.4 is 4.52 Å². The average molecular weight is 254 g/mol. The number of hydrogen-bond acceptors (Lipinski definition) is 1. The number of rotatable bonds is 1. The van der Waals surface area contributed by atoms with E-state index >= 15 is 0 Å². The summed E-state index contributed by atoms with van der Waals surface area (Å²) < 4.78 is 5.36. The molecular formula is C15H27OP. The Kier molecular flexibility index (Phi) is 5.22. The van der Waals surface area contributed by atoms with Crippen molar-refractivity contribution in [2.45, 2.75) is 59.8 Å². The molecular weight excluding hydrogens is 227 g/mol. The minimum Gasteiger partial charge on any atom is -0.480 e. The van der Waals surface area contributed by atoms with Crippen molar-refractivity contribution < 1.29 is 4.52 Å². The van der Waals surface area contributed by atoms with Gasteiger partial charge in [-0.3, -0.25) is 0 Å². The van der Waals surface area contributed by atoms with Crippen molar-refractivity contribution in [1.29, 1.82) is 0 Å². The van der Waals surface area contributed by atoms with E-state index in [9.17, 15) is 0 Å². The Morgan fingerprint density at radius 3 is 1.82 bits per heavy atom. The Bertz CT molecular complexity index is 369. The molecule has 0 aliphatic carbocycles. The van der Waals surface area contributed by atoms with Crippen molar-refractivity contribution in [3.8, 4) is 5.75 Å². The summed E-state index contributed by atoms with van der Waals surface area (Å²) in [6.45, 7) is 13.3. The van der Waals surface area contributed by atoms with E-state index in [0.29, 0.717) is 0 Å². The molecule has 0 saturated heterocycles. The second-order valence-corrected chi connectivity index (χ2v) is 6.56. The summed E-state index contributed by atoms with van der Waals surface area (Å²) in [4.78, 5) is 0. The van der Waals surface area contributed by atoms with Gasteiger partial charge in [0.25, 0.3) is 0 Å². The first-order valence-corrected chi connectivity index (χ1v) is 6.15. The van der Waals surface area contributed by atoms with Crippen LogP contribution in [0.1, 0.15) is 60.1 Å². The van der Waals surface area contributed by atoms with Crippen LogP contribution in [0.25, 0.3) is 0 Å². The molecule has 17 heavy (non-hydrogen) atoms. The summed E-state index contributed by atoms with van der Waals surface area (Å²) in [5, 5.41) is 0. The van der Waals surface area contributed by atoms with Crippen LogP contribution in [-0.4, -0.2) is 0 Å². The van der Waals surface area contributed by atoms with Gasteiger partial charge in [-0.15, -0.1) is 0 Å². The van der Waals surface area contributed by atoms with Crippen LogP contribution in [0.3, 0.4) is 0 Å². The van der Waals surface area contributed by atoms with Gasteiger partial charge < -0.3 is 4.52 Å². The Morgan fingerprint density at radius 1 is 0.941 bits per heavy atom. The molecule has 0 radical (unpaired) electrons.